The Kier molecular flexibility index (Phi) is 3.30. The fourth-order valence-corrected chi connectivity index (χ4v) is 3.23. The van der Waals surface area contributed by atoms with E-state index in [9.17, 15) is 9.90 Å². The van der Waals surface area contributed by atoms with Gasteiger partial charge in [0.05, 0.1) is 12.1 Å². The van der Waals surface area contributed by atoms with Crippen LogP contribution in [0, 0.1) is 6.92 Å². The van der Waals surface area contributed by atoms with Gasteiger partial charge in [-0.2, -0.15) is 0 Å². The molecule has 2 aliphatic rings. The van der Waals surface area contributed by atoms with E-state index in [1.54, 1.807) is 0 Å². The van der Waals surface area contributed by atoms with E-state index in [1.165, 1.54) is 5.56 Å². The zero-order valence-electron chi connectivity index (χ0n) is 12.0. The fraction of sp³-hybridized carbons (Fsp3) is 0.562. The minimum absolute atomic E-state index is 0.0372. The molecular formula is C16H21NO3. The smallest absolute Gasteiger partial charge is 0.257 e. The van der Waals surface area contributed by atoms with Crippen LogP contribution < -0.4 is 0 Å². The number of carbonyl (C=O) groups excluding carboxylic acids is 1. The van der Waals surface area contributed by atoms with Crippen LogP contribution in [0.4, 0.5) is 0 Å². The molecule has 1 aromatic rings. The van der Waals surface area contributed by atoms with E-state index in [-0.39, 0.29) is 11.9 Å². The van der Waals surface area contributed by atoms with Crippen molar-refractivity contribution < 1.29 is 14.6 Å². The lowest BCUT2D eigenvalue weighted by Gasteiger charge is -2.39. The Morgan fingerprint density at radius 3 is 2.60 bits per heavy atom. The van der Waals surface area contributed by atoms with E-state index in [4.69, 9.17) is 4.74 Å². The van der Waals surface area contributed by atoms with Crippen LogP contribution in [0.3, 0.4) is 0 Å². The maximum absolute atomic E-state index is 12.6. The van der Waals surface area contributed by atoms with Crippen LogP contribution in [-0.2, 0) is 9.53 Å². The van der Waals surface area contributed by atoms with Gasteiger partial charge in [0.2, 0.25) is 0 Å². The number of carbonyl (C=O) groups is 1. The number of nitrogens with zero attached hydrogens (tertiary/aromatic N) is 1. The number of benzene rings is 1. The zero-order chi connectivity index (χ0) is 14.3. The van der Waals surface area contributed by atoms with Gasteiger partial charge in [-0.3, -0.25) is 4.79 Å². The molecular weight excluding hydrogens is 254 g/mol. The normalized spacial score (nSPS) is 30.6. The van der Waals surface area contributed by atoms with Crippen molar-refractivity contribution in [1.82, 2.24) is 4.90 Å². The fourth-order valence-electron chi connectivity index (χ4n) is 3.23. The third-order valence-electron chi connectivity index (χ3n) is 4.49. The zero-order valence-corrected chi connectivity index (χ0v) is 12.0. The first-order valence-corrected chi connectivity index (χ1v) is 7.25. The Morgan fingerprint density at radius 1 is 1.40 bits per heavy atom. The number of hydrogen-bond donors (Lipinski definition) is 1. The summed E-state index contributed by atoms with van der Waals surface area (Å²) in [5.74, 6) is 0.0372. The number of hydrogen-bond acceptors (Lipinski definition) is 3. The number of aliphatic hydroxyl groups excluding tert-OH is 1. The van der Waals surface area contributed by atoms with Crippen LogP contribution in [0.15, 0.2) is 24.3 Å². The van der Waals surface area contributed by atoms with Gasteiger partial charge in [-0.1, -0.05) is 36.8 Å². The molecule has 2 fully saturated rings. The molecule has 1 aliphatic carbocycles. The van der Waals surface area contributed by atoms with E-state index in [2.05, 4.69) is 38.1 Å². The van der Waals surface area contributed by atoms with Crippen LogP contribution in [0.2, 0.25) is 0 Å². The highest BCUT2D eigenvalue weighted by Crippen LogP contribution is 2.44. The third kappa shape index (κ3) is 2.03. The molecule has 1 saturated carbocycles. The molecule has 0 aromatic heterocycles. The number of aliphatic hydroxyl groups is 1. The quantitative estimate of drug-likeness (QED) is 0.919. The Morgan fingerprint density at radius 2 is 2.05 bits per heavy atom. The average molecular weight is 275 g/mol. The van der Waals surface area contributed by atoms with E-state index in [1.807, 2.05) is 4.90 Å². The Hall–Kier alpha value is -1.39. The lowest BCUT2D eigenvalue weighted by Crippen LogP contribution is -2.54. The van der Waals surface area contributed by atoms with Gasteiger partial charge in [0.1, 0.15) is 6.73 Å². The first-order chi connectivity index (χ1) is 9.55. The molecule has 1 spiro atoms. The van der Waals surface area contributed by atoms with Crippen molar-refractivity contribution >= 4 is 5.91 Å². The highest BCUT2D eigenvalue weighted by Gasteiger charge is 2.57. The number of aryl methyl sites for hydroxylation is 1. The van der Waals surface area contributed by atoms with Gasteiger partial charge >= 0.3 is 0 Å². The van der Waals surface area contributed by atoms with Crippen molar-refractivity contribution in [3.63, 3.8) is 0 Å². The average Bonchev–Trinajstić information content (AvgIpc) is 2.72. The first kappa shape index (κ1) is 13.6. The second-order valence-corrected chi connectivity index (χ2v) is 5.94. The van der Waals surface area contributed by atoms with Gasteiger partial charge in [0.25, 0.3) is 5.91 Å². The maximum atomic E-state index is 12.6. The van der Waals surface area contributed by atoms with E-state index < -0.39 is 11.7 Å². The summed E-state index contributed by atoms with van der Waals surface area (Å²) in [4.78, 5) is 14.4. The standard InChI is InChI=1S/C16H21NO3/c1-3-14(12-6-4-11(2)5-7-12)17-10-20-16(15(17)19)8-13(18)9-16/h4-7,13-14,18H,3,8-10H2,1-2H3. The van der Waals surface area contributed by atoms with Gasteiger partial charge < -0.3 is 14.7 Å². The predicted octanol–water partition coefficient (Wildman–Crippen LogP) is 2.16. The van der Waals surface area contributed by atoms with Crippen LogP contribution in [-0.4, -0.2) is 34.3 Å². The van der Waals surface area contributed by atoms with Gasteiger partial charge in [-0.15, -0.1) is 0 Å². The van der Waals surface area contributed by atoms with Crippen molar-refractivity contribution in [1.29, 1.82) is 0 Å². The van der Waals surface area contributed by atoms with Crippen molar-refractivity contribution in [3.8, 4) is 0 Å². The Bertz CT molecular complexity index is 505. The molecule has 1 aliphatic heterocycles. The van der Waals surface area contributed by atoms with Gasteiger partial charge in [0.15, 0.2) is 5.60 Å². The summed E-state index contributed by atoms with van der Waals surface area (Å²) in [6, 6.07) is 8.36. The van der Waals surface area contributed by atoms with Gasteiger partial charge in [-0.25, -0.2) is 0 Å². The first-order valence-electron chi connectivity index (χ1n) is 7.25. The lowest BCUT2D eigenvalue weighted by atomic mass is 9.76. The van der Waals surface area contributed by atoms with Gasteiger partial charge in [-0.05, 0) is 18.9 Å². The number of rotatable bonds is 3. The second kappa shape index (κ2) is 4.86. The van der Waals surface area contributed by atoms with Crippen LogP contribution in [0.25, 0.3) is 0 Å². The number of amides is 1. The molecule has 1 amide bonds. The van der Waals surface area contributed by atoms with E-state index >= 15 is 0 Å². The molecule has 0 bridgehead atoms. The molecule has 3 rings (SSSR count). The molecule has 1 heterocycles. The molecule has 1 unspecified atom stereocenters. The van der Waals surface area contributed by atoms with Crippen molar-refractivity contribution in [2.45, 2.75) is 50.9 Å². The Labute approximate surface area is 119 Å². The SMILES string of the molecule is CCC(c1ccc(C)cc1)N1COC2(CC(O)C2)C1=O. The summed E-state index contributed by atoms with van der Waals surface area (Å²) >= 11 is 0. The monoisotopic (exact) mass is 275 g/mol. The van der Waals surface area contributed by atoms with E-state index in [0.717, 1.165) is 12.0 Å². The lowest BCUT2D eigenvalue weighted by molar-refractivity contribution is -0.158. The Balaban J connectivity index is 1.81. The molecule has 1 N–H and O–H groups in total. The largest absolute Gasteiger partial charge is 0.393 e. The second-order valence-electron chi connectivity index (χ2n) is 5.94. The predicted molar refractivity (Wildman–Crippen MR) is 75.0 cm³/mol. The summed E-state index contributed by atoms with van der Waals surface area (Å²) in [5.41, 5.74) is 1.62. The van der Waals surface area contributed by atoms with Crippen molar-refractivity contribution in [2.24, 2.45) is 0 Å². The van der Waals surface area contributed by atoms with Gasteiger partial charge in [0, 0.05) is 12.8 Å². The molecule has 108 valence electrons. The highest BCUT2D eigenvalue weighted by atomic mass is 16.5. The third-order valence-corrected chi connectivity index (χ3v) is 4.49. The van der Waals surface area contributed by atoms with Crippen molar-refractivity contribution in [3.05, 3.63) is 35.4 Å². The molecule has 4 heteroatoms. The summed E-state index contributed by atoms with van der Waals surface area (Å²) in [6.07, 6.45) is 1.34. The maximum Gasteiger partial charge on any atom is 0.257 e. The van der Waals surface area contributed by atoms with Crippen LogP contribution >= 0.6 is 0 Å². The van der Waals surface area contributed by atoms with Crippen LogP contribution in [0.5, 0.6) is 0 Å². The highest BCUT2D eigenvalue weighted by molar-refractivity contribution is 5.88. The summed E-state index contributed by atoms with van der Waals surface area (Å²) < 4.78 is 5.72. The van der Waals surface area contributed by atoms with Crippen LogP contribution in [0.1, 0.15) is 43.4 Å². The summed E-state index contributed by atoms with van der Waals surface area (Å²) in [5, 5.41) is 9.47. The molecule has 1 aromatic carbocycles. The molecule has 4 nitrogen and oxygen atoms in total. The molecule has 1 saturated heterocycles. The minimum atomic E-state index is -0.739. The topological polar surface area (TPSA) is 49.8 Å². The molecule has 1 atom stereocenters. The summed E-state index contributed by atoms with van der Waals surface area (Å²) in [7, 11) is 0. The molecule has 20 heavy (non-hydrogen) atoms. The van der Waals surface area contributed by atoms with Crippen molar-refractivity contribution in [2.75, 3.05) is 6.73 Å². The molecule has 0 radical (unpaired) electrons. The number of ether oxygens (including phenoxy) is 1. The van der Waals surface area contributed by atoms with E-state index in [0.29, 0.717) is 19.6 Å². The summed E-state index contributed by atoms with van der Waals surface area (Å²) in [6.45, 7) is 4.47. The minimum Gasteiger partial charge on any atom is -0.393 e.